The molecule has 2 aromatic rings. The van der Waals surface area contributed by atoms with Crippen LogP contribution in [0.1, 0.15) is 22.2 Å². The molecule has 0 aliphatic heterocycles. The smallest absolute Gasteiger partial charge is 0.420 e. The first kappa shape index (κ1) is 14.7. The highest BCUT2D eigenvalue weighted by atomic mass is 32.1. The van der Waals surface area contributed by atoms with Crippen molar-refractivity contribution in [1.82, 2.24) is 0 Å². The average Bonchev–Trinajstić information content (AvgIpc) is 2.84. The Labute approximate surface area is 119 Å². The van der Waals surface area contributed by atoms with Gasteiger partial charge in [0.2, 0.25) is 0 Å². The van der Waals surface area contributed by atoms with Crippen LogP contribution >= 0.6 is 11.3 Å². The molecule has 1 heterocycles. The molecule has 108 valence electrons. The summed E-state index contributed by atoms with van der Waals surface area (Å²) in [6.07, 6.45) is -3.57. The molecule has 1 aromatic carbocycles. The summed E-state index contributed by atoms with van der Waals surface area (Å²) < 4.78 is 43.9. The Bertz CT molecular complexity index is 592. The quantitative estimate of drug-likeness (QED) is 0.844. The van der Waals surface area contributed by atoms with Gasteiger partial charge in [0.05, 0.1) is 5.56 Å². The van der Waals surface area contributed by atoms with Crippen molar-refractivity contribution in [2.24, 2.45) is 0 Å². The summed E-state index contributed by atoms with van der Waals surface area (Å²) in [7, 11) is 0. The number of benzene rings is 1. The van der Waals surface area contributed by atoms with E-state index in [4.69, 9.17) is 10.5 Å². The number of nitrogen functional groups attached to an aromatic ring is 1. The molecule has 0 aliphatic rings. The second-order valence-corrected chi connectivity index (χ2v) is 5.52. The molecule has 0 radical (unpaired) electrons. The van der Waals surface area contributed by atoms with Gasteiger partial charge in [-0.1, -0.05) is 6.92 Å². The molecule has 0 amide bonds. The van der Waals surface area contributed by atoms with E-state index < -0.39 is 11.7 Å². The van der Waals surface area contributed by atoms with Gasteiger partial charge in [-0.15, -0.1) is 11.3 Å². The maximum atomic E-state index is 12.9. The molecule has 1 aromatic heterocycles. The second kappa shape index (κ2) is 5.75. The molecule has 0 fully saturated rings. The SMILES string of the molecule is CCc1ccc(COc2ccc(N)cc2C(F)(F)F)s1. The molecule has 2 nitrogen and oxygen atoms in total. The predicted molar refractivity (Wildman–Crippen MR) is 73.9 cm³/mol. The molecule has 20 heavy (non-hydrogen) atoms. The Morgan fingerprint density at radius 2 is 1.85 bits per heavy atom. The largest absolute Gasteiger partial charge is 0.487 e. The minimum Gasteiger partial charge on any atom is -0.487 e. The first-order valence-corrected chi connectivity index (χ1v) is 6.89. The zero-order valence-corrected chi connectivity index (χ0v) is 11.6. The lowest BCUT2D eigenvalue weighted by molar-refractivity contribution is -0.139. The third-order valence-electron chi connectivity index (χ3n) is 2.74. The maximum absolute atomic E-state index is 12.9. The fraction of sp³-hybridized carbons (Fsp3) is 0.286. The molecule has 0 saturated heterocycles. The minimum atomic E-state index is -4.48. The van der Waals surface area contributed by atoms with Crippen molar-refractivity contribution in [2.75, 3.05) is 5.73 Å². The van der Waals surface area contributed by atoms with Crippen LogP contribution in [0.25, 0.3) is 0 Å². The summed E-state index contributed by atoms with van der Waals surface area (Å²) >= 11 is 1.54. The lowest BCUT2D eigenvalue weighted by atomic mass is 10.1. The van der Waals surface area contributed by atoms with Crippen LogP contribution in [0.5, 0.6) is 5.75 Å². The number of nitrogens with two attached hydrogens (primary N) is 1. The Morgan fingerprint density at radius 3 is 2.45 bits per heavy atom. The average molecular weight is 301 g/mol. The van der Waals surface area contributed by atoms with Crippen LogP contribution in [0.15, 0.2) is 30.3 Å². The molecule has 0 bridgehead atoms. The van der Waals surface area contributed by atoms with E-state index in [-0.39, 0.29) is 18.0 Å². The number of halogens is 3. The van der Waals surface area contributed by atoms with Crippen molar-refractivity contribution < 1.29 is 17.9 Å². The summed E-state index contributed by atoms with van der Waals surface area (Å²) in [4.78, 5) is 2.07. The van der Waals surface area contributed by atoms with Gasteiger partial charge in [-0.3, -0.25) is 0 Å². The Balaban J connectivity index is 2.17. The van der Waals surface area contributed by atoms with Crippen LogP contribution in [-0.4, -0.2) is 0 Å². The highest BCUT2D eigenvalue weighted by Crippen LogP contribution is 2.37. The molecule has 0 atom stereocenters. The van der Waals surface area contributed by atoms with Crippen molar-refractivity contribution in [1.29, 1.82) is 0 Å². The second-order valence-electron chi connectivity index (χ2n) is 4.26. The molecule has 2 N–H and O–H groups in total. The van der Waals surface area contributed by atoms with Crippen LogP contribution in [0.3, 0.4) is 0 Å². The molecular formula is C14H14F3NOS. The summed E-state index contributed by atoms with van der Waals surface area (Å²) in [6.45, 7) is 2.15. The molecule has 2 rings (SSSR count). The topological polar surface area (TPSA) is 35.2 Å². The first-order valence-electron chi connectivity index (χ1n) is 6.07. The third kappa shape index (κ3) is 3.45. The maximum Gasteiger partial charge on any atom is 0.420 e. The van der Waals surface area contributed by atoms with Gasteiger partial charge in [-0.2, -0.15) is 13.2 Å². The Kier molecular flexibility index (Phi) is 4.23. The lowest BCUT2D eigenvalue weighted by Crippen LogP contribution is -2.09. The number of ether oxygens (including phenoxy) is 1. The van der Waals surface area contributed by atoms with E-state index >= 15 is 0 Å². The van der Waals surface area contributed by atoms with E-state index in [1.165, 1.54) is 28.3 Å². The zero-order valence-electron chi connectivity index (χ0n) is 10.8. The summed E-state index contributed by atoms with van der Waals surface area (Å²) in [5.41, 5.74) is 4.62. The normalized spacial score (nSPS) is 11.6. The number of alkyl halides is 3. The van der Waals surface area contributed by atoms with E-state index in [0.717, 1.165) is 17.4 Å². The lowest BCUT2D eigenvalue weighted by Gasteiger charge is -2.14. The number of rotatable bonds is 4. The standard InChI is InChI=1S/C14H14F3NOS/c1-2-10-4-5-11(20-10)8-19-13-6-3-9(18)7-12(13)14(15,16)17/h3-7H,2,8,18H2,1H3. The van der Waals surface area contributed by atoms with Crippen LogP contribution in [-0.2, 0) is 19.2 Å². The fourth-order valence-electron chi connectivity index (χ4n) is 1.73. The predicted octanol–water partition coefficient (Wildman–Crippen LogP) is 4.49. The van der Waals surface area contributed by atoms with E-state index in [9.17, 15) is 13.2 Å². The first-order chi connectivity index (χ1) is 9.40. The van der Waals surface area contributed by atoms with Gasteiger partial charge in [-0.05, 0) is 36.8 Å². The van der Waals surface area contributed by atoms with Gasteiger partial charge < -0.3 is 10.5 Å². The van der Waals surface area contributed by atoms with Crippen molar-refractivity contribution in [3.05, 3.63) is 45.6 Å². The van der Waals surface area contributed by atoms with E-state index in [2.05, 4.69) is 0 Å². The number of hydrogen-bond acceptors (Lipinski definition) is 3. The van der Waals surface area contributed by atoms with Crippen molar-refractivity contribution in [2.45, 2.75) is 26.1 Å². The van der Waals surface area contributed by atoms with Crippen LogP contribution in [0.4, 0.5) is 18.9 Å². The van der Waals surface area contributed by atoms with Crippen LogP contribution < -0.4 is 10.5 Å². The highest BCUT2D eigenvalue weighted by molar-refractivity contribution is 7.11. The minimum absolute atomic E-state index is 0.0640. The number of anilines is 1. The molecular weight excluding hydrogens is 287 g/mol. The number of hydrogen-bond donors (Lipinski definition) is 1. The molecule has 0 spiro atoms. The number of thiophene rings is 1. The van der Waals surface area contributed by atoms with Gasteiger partial charge in [-0.25, -0.2) is 0 Å². The summed E-state index contributed by atoms with van der Waals surface area (Å²) in [5.74, 6) is -0.196. The van der Waals surface area contributed by atoms with Gasteiger partial charge in [0, 0.05) is 15.4 Å². The molecule has 0 saturated carbocycles. The van der Waals surface area contributed by atoms with Gasteiger partial charge >= 0.3 is 6.18 Å². The highest BCUT2D eigenvalue weighted by Gasteiger charge is 2.34. The monoisotopic (exact) mass is 301 g/mol. The summed E-state index contributed by atoms with van der Waals surface area (Å²) in [5, 5.41) is 0. The molecule has 0 unspecified atom stereocenters. The van der Waals surface area contributed by atoms with Crippen molar-refractivity contribution >= 4 is 17.0 Å². The van der Waals surface area contributed by atoms with Gasteiger partial charge in [0.1, 0.15) is 12.4 Å². The van der Waals surface area contributed by atoms with Crippen LogP contribution in [0, 0.1) is 0 Å². The van der Waals surface area contributed by atoms with Crippen molar-refractivity contribution in [3.63, 3.8) is 0 Å². The van der Waals surface area contributed by atoms with Gasteiger partial charge in [0.15, 0.2) is 0 Å². The van der Waals surface area contributed by atoms with E-state index in [1.54, 1.807) is 0 Å². The Hall–Kier alpha value is -1.69. The molecule has 0 aliphatic carbocycles. The Morgan fingerprint density at radius 1 is 1.15 bits per heavy atom. The third-order valence-corrected chi connectivity index (χ3v) is 3.95. The molecule has 6 heteroatoms. The zero-order chi connectivity index (χ0) is 14.8. The van der Waals surface area contributed by atoms with E-state index in [1.807, 2.05) is 19.1 Å². The van der Waals surface area contributed by atoms with E-state index in [0.29, 0.717) is 0 Å². The van der Waals surface area contributed by atoms with Crippen molar-refractivity contribution in [3.8, 4) is 5.75 Å². The number of aryl methyl sites for hydroxylation is 1. The summed E-state index contributed by atoms with van der Waals surface area (Å²) in [6, 6.07) is 7.37. The van der Waals surface area contributed by atoms with Gasteiger partial charge in [0.25, 0.3) is 0 Å². The fourth-order valence-corrected chi connectivity index (χ4v) is 2.60. The van der Waals surface area contributed by atoms with Crippen LogP contribution in [0.2, 0.25) is 0 Å².